The second kappa shape index (κ2) is 7.45. The number of halogens is 1. The summed E-state index contributed by atoms with van der Waals surface area (Å²) in [5.74, 6) is 0.486. The third-order valence-electron chi connectivity index (χ3n) is 4.13. The molecular formula is C18H18ClNO4S. The quantitative estimate of drug-likeness (QED) is 0.748. The number of rotatable bonds is 5. The molecule has 132 valence electrons. The first-order valence-corrected chi connectivity index (χ1v) is 10.1. The Kier molecular flexibility index (Phi) is 5.30. The van der Waals surface area contributed by atoms with Gasteiger partial charge in [0.2, 0.25) is 5.91 Å². The smallest absolute Gasteiger partial charge is 0.247 e. The first-order valence-electron chi connectivity index (χ1n) is 7.90. The first kappa shape index (κ1) is 17.8. The molecule has 0 unspecified atom stereocenters. The van der Waals surface area contributed by atoms with E-state index in [4.69, 9.17) is 16.0 Å². The molecule has 1 saturated heterocycles. The number of carbonyl (C=O) groups excluding carboxylic acids is 1. The van der Waals surface area contributed by atoms with Crippen molar-refractivity contribution in [2.45, 2.75) is 19.0 Å². The van der Waals surface area contributed by atoms with Crippen molar-refractivity contribution in [3.63, 3.8) is 0 Å². The maximum atomic E-state index is 12.7. The van der Waals surface area contributed by atoms with Gasteiger partial charge in [-0.3, -0.25) is 4.79 Å². The molecule has 0 spiro atoms. The predicted octanol–water partition coefficient (Wildman–Crippen LogP) is 3.16. The lowest BCUT2D eigenvalue weighted by molar-refractivity contribution is -0.128. The minimum Gasteiger partial charge on any atom is -0.467 e. The Balaban J connectivity index is 1.78. The molecule has 7 heteroatoms. The first-order chi connectivity index (χ1) is 11.9. The number of carbonyl (C=O) groups is 1. The zero-order chi connectivity index (χ0) is 17.9. The molecule has 1 atom stereocenters. The molecule has 2 heterocycles. The summed E-state index contributed by atoms with van der Waals surface area (Å²) in [7, 11) is -3.09. The van der Waals surface area contributed by atoms with Crippen molar-refractivity contribution in [3.05, 3.63) is 65.1 Å². The molecule has 1 aliphatic rings. The van der Waals surface area contributed by atoms with Gasteiger partial charge in [0, 0.05) is 17.1 Å². The van der Waals surface area contributed by atoms with Crippen LogP contribution in [0.25, 0.3) is 6.08 Å². The Morgan fingerprint density at radius 1 is 1.28 bits per heavy atom. The summed E-state index contributed by atoms with van der Waals surface area (Å²) in [5, 5.41) is 0.624. The maximum absolute atomic E-state index is 12.7. The van der Waals surface area contributed by atoms with Gasteiger partial charge in [0.25, 0.3) is 0 Å². The van der Waals surface area contributed by atoms with Gasteiger partial charge in [-0.15, -0.1) is 0 Å². The van der Waals surface area contributed by atoms with E-state index in [1.165, 1.54) is 12.3 Å². The van der Waals surface area contributed by atoms with Crippen molar-refractivity contribution in [2.75, 3.05) is 11.5 Å². The van der Waals surface area contributed by atoms with Gasteiger partial charge in [-0.05, 0) is 42.3 Å². The van der Waals surface area contributed by atoms with Crippen LogP contribution in [0.1, 0.15) is 17.7 Å². The van der Waals surface area contributed by atoms with E-state index in [1.54, 1.807) is 35.2 Å². The molecule has 1 aromatic heterocycles. The van der Waals surface area contributed by atoms with Crippen LogP contribution < -0.4 is 0 Å². The van der Waals surface area contributed by atoms with Crippen molar-refractivity contribution < 1.29 is 17.6 Å². The van der Waals surface area contributed by atoms with E-state index in [0.717, 1.165) is 5.56 Å². The summed E-state index contributed by atoms with van der Waals surface area (Å²) in [4.78, 5) is 14.2. The molecule has 25 heavy (non-hydrogen) atoms. The summed E-state index contributed by atoms with van der Waals surface area (Å²) < 4.78 is 28.9. The van der Waals surface area contributed by atoms with Gasteiger partial charge in [0.15, 0.2) is 9.84 Å². The highest BCUT2D eigenvalue weighted by Crippen LogP contribution is 2.21. The number of sulfone groups is 1. The molecule has 0 saturated carbocycles. The average molecular weight is 380 g/mol. The van der Waals surface area contributed by atoms with Crippen LogP contribution >= 0.6 is 11.6 Å². The second-order valence-electron chi connectivity index (χ2n) is 5.99. The van der Waals surface area contributed by atoms with Crippen molar-refractivity contribution in [1.29, 1.82) is 0 Å². The van der Waals surface area contributed by atoms with E-state index < -0.39 is 9.84 Å². The number of hydrogen-bond donors (Lipinski definition) is 0. The fourth-order valence-corrected chi connectivity index (χ4v) is 4.67. The van der Waals surface area contributed by atoms with Crippen molar-refractivity contribution in [1.82, 2.24) is 4.90 Å². The summed E-state index contributed by atoms with van der Waals surface area (Å²) in [6.45, 7) is 0.247. The molecule has 2 aromatic rings. The third-order valence-corrected chi connectivity index (χ3v) is 6.13. The highest BCUT2D eigenvalue weighted by Gasteiger charge is 2.34. The van der Waals surface area contributed by atoms with E-state index in [1.807, 2.05) is 12.1 Å². The van der Waals surface area contributed by atoms with Gasteiger partial charge in [-0.2, -0.15) is 0 Å². The van der Waals surface area contributed by atoms with Crippen molar-refractivity contribution in [2.24, 2.45) is 0 Å². The zero-order valence-corrected chi connectivity index (χ0v) is 15.0. The molecule has 0 aliphatic carbocycles. The molecule has 1 amide bonds. The zero-order valence-electron chi connectivity index (χ0n) is 13.5. The lowest BCUT2D eigenvalue weighted by Crippen LogP contribution is -2.39. The van der Waals surface area contributed by atoms with Crippen LogP contribution in [0, 0.1) is 0 Å². The predicted molar refractivity (Wildman–Crippen MR) is 96.8 cm³/mol. The van der Waals surface area contributed by atoms with Crippen LogP contribution in [0.2, 0.25) is 5.02 Å². The van der Waals surface area contributed by atoms with Crippen LogP contribution in [0.4, 0.5) is 0 Å². The molecule has 0 N–H and O–H groups in total. The lowest BCUT2D eigenvalue weighted by atomic mass is 10.2. The summed E-state index contributed by atoms with van der Waals surface area (Å²) in [6.07, 6.45) is 5.13. The monoisotopic (exact) mass is 379 g/mol. The SMILES string of the molecule is O=C(/C=C/c1ccc(Cl)cc1)N(Cc1ccco1)[C@H]1CCS(=O)(=O)C1. The van der Waals surface area contributed by atoms with Crippen LogP contribution in [0.5, 0.6) is 0 Å². The molecule has 0 bridgehead atoms. The Morgan fingerprint density at radius 3 is 2.64 bits per heavy atom. The molecule has 1 aliphatic heterocycles. The Bertz CT molecular complexity index is 857. The third kappa shape index (κ3) is 4.74. The fourth-order valence-electron chi connectivity index (χ4n) is 2.82. The largest absolute Gasteiger partial charge is 0.467 e. The molecule has 1 fully saturated rings. The van der Waals surface area contributed by atoms with Crippen molar-refractivity contribution >= 4 is 33.4 Å². The molecular weight excluding hydrogens is 362 g/mol. The van der Waals surface area contributed by atoms with E-state index in [-0.39, 0.29) is 30.0 Å². The van der Waals surface area contributed by atoms with Crippen LogP contribution in [-0.2, 0) is 21.2 Å². The standard InChI is InChI=1S/C18H18ClNO4S/c19-15-6-3-14(4-7-15)5-8-18(21)20(12-17-2-1-10-24-17)16-9-11-25(22,23)13-16/h1-8,10,16H,9,11-13H2/b8-5+/t16-/m0/s1. The van der Waals surface area contributed by atoms with Crippen LogP contribution in [0.3, 0.4) is 0 Å². The van der Waals surface area contributed by atoms with Crippen LogP contribution in [0.15, 0.2) is 53.2 Å². The second-order valence-corrected chi connectivity index (χ2v) is 8.65. The summed E-state index contributed by atoms with van der Waals surface area (Å²) >= 11 is 5.85. The molecule has 0 radical (unpaired) electrons. The minimum atomic E-state index is -3.09. The number of amides is 1. The number of hydrogen-bond acceptors (Lipinski definition) is 4. The van der Waals surface area contributed by atoms with Gasteiger partial charge >= 0.3 is 0 Å². The number of nitrogens with zero attached hydrogens (tertiary/aromatic N) is 1. The highest BCUT2D eigenvalue weighted by atomic mass is 35.5. The van der Waals surface area contributed by atoms with Gasteiger partial charge in [-0.1, -0.05) is 23.7 Å². The van der Waals surface area contributed by atoms with Crippen molar-refractivity contribution in [3.8, 4) is 0 Å². The van der Waals surface area contributed by atoms with E-state index >= 15 is 0 Å². The van der Waals surface area contributed by atoms with Gasteiger partial charge in [-0.25, -0.2) is 8.42 Å². The Morgan fingerprint density at radius 2 is 2.04 bits per heavy atom. The summed E-state index contributed by atoms with van der Waals surface area (Å²) in [6, 6.07) is 10.3. The lowest BCUT2D eigenvalue weighted by Gasteiger charge is -2.26. The van der Waals surface area contributed by atoms with E-state index in [2.05, 4.69) is 0 Å². The molecule has 5 nitrogen and oxygen atoms in total. The van der Waals surface area contributed by atoms with E-state index in [9.17, 15) is 13.2 Å². The highest BCUT2D eigenvalue weighted by molar-refractivity contribution is 7.91. The molecule has 1 aromatic carbocycles. The molecule has 3 rings (SSSR count). The average Bonchev–Trinajstić information content (AvgIpc) is 3.21. The number of furan rings is 1. The Hall–Kier alpha value is -2.05. The van der Waals surface area contributed by atoms with E-state index in [0.29, 0.717) is 17.2 Å². The maximum Gasteiger partial charge on any atom is 0.247 e. The van der Waals surface area contributed by atoms with Crippen LogP contribution in [-0.4, -0.2) is 36.8 Å². The fraction of sp³-hybridized carbons (Fsp3) is 0.278. The minimum absolute atomic E-state index is 0.00572. The van der Waals surface area contributed by atoms with Gasteiger partial charge < -0.3 is 9.32 Å². The normalized spacial score (nSPS) is 19.3. The summed E-state index contributed by atoms with van der Waals surface area (Å²) in [5.41, 5.74) is 0.842. The van der Waals surface area contributed by atoms with Gasteiger partial charge in [0.05, 0.1) is 24.3 Å². The number of benzene rings is 1. The Labute approximate surface area is 151 Å². The van der Waals surface area contributed by atoms with Gasteiger partial charge in [0.1, 0.15) is 5.76 Å². The topological polar surface area (TPSA) is 67.6 Å².